The van der Waals surface area contributed by atoms with Crippen molar-refractivity contribution in [2.75, 3.05) is 31.1 Å². The molecule has 2 atom stereocenters. The largest absolute Gasteiger partial charge is 0.387 e. The van der Waals surface area contributed by atoms with Gasteiger partial charge in [0.25, 0.3) is 0 Å². The number of anilines is 1. The van der Waals surface area contributed by atoms with Gasteiger partial charge in [-0.15, -0.1) is 0 Å². The number of aryl methyl sites for hydroxylation is 1. The van der Waals surface area contributed by atoms with E-state index in [2.05, 4.69) is 17.9 Å². The lowest BCUT2D eigenvalue weighted by Gasteiger charge is -2.35. The van der Waals surface area contributed by atoms with Gasteiger partial charge in [0.05, 0.1) is 6.10 Å². The molecule has 2 aliphatic rings. The number of benzene rings is 1. The number of hydrogen-bond donors (Lipinski definition) is 1. The summed E-state index contributed by atoms with van der Waals surface area (Å²) in [6.07, 6.45) is 4.02. The Morgan fingerprint density at radius 3 is 2.73 bits per heavy atom. The van der Waals surface area contributed by atoms with Gasteiger partial charge in [0.15, 0.2) is 0 Å². The van der Waals surface area contributed by atoms with E-state index in [0.717, 1.165) is 49.6 Å². The fourth-order valence-corrected chi connectivity index (χ4v) is 4.24. The minimum Gasteiger partial charge on any atom is -0.387 e. The van der Waals surface area contributed by atoms with Crippen LogP contribution in [0.25, 0.3) is 0 Å². The quantitative estimate of drug-likeness (QED) is 0.894. The molecule has 0 radical (unpaired) electrons. The molecule has 26 heavy (non-hydrogen) atoms. The lowest BCUT2D eigenvalue weighted by Crippen LogP contribution is -2.42. The zero-order chi connectivity index (χ0) is 18.9. The molecule has 0 spiro atoms. The second-order valence-electron chi connectivity index (χ2n) is 9.22. The Bertz CT molecular complexity index is 650. The van der Waals surface area contributed by atoms with Crippen molar-refractivity contribution in [3.05, 3.63) is 29.3 Å². The van der Waals surface area contributed by atoms with E-state index < -0.39 is 6.10 Å². The van der Waals surface area contributed by atoms with Crippen molar-refractivity contribution in [1.29, 1.82) is 0 Å². The third kappa shape index (κ3) is 4.29. The van der Waals surface area contributed by atoms with Crippen LogP contribution in [0, 0.1) is 11.3 Å². The minimum atomic E-state index is -0.459. The third-order valence-electron chi connectivity index (χ3n) is 5.67. The summed E-state index contributed by atoms with van der Waals surface area (Å²) in [7, 11) is 0. The number of aliphatic hydroxyl groups is 1. The molecule has 1 fully saturated rings. The van der Waals surface area contributed by atoms with Crippen LogP contribution >= 0.6 is 0 Å². The predicted molar refractivity (Wildman–Crippen MR) is 106 cm³/mol. The van der Waals surface area contributed by atoms with Crippen LogP contribution in [0.4, 0.5) is 5.69 Å². The van der Waals surface area contributed by atoms with E-state index in [1.54, 1.807) is 0 Å². The van der Waals surface area contributed by atoms with E-state index in [1.165, 1.54) is 18.4 Å². The van der Waals surface area contributed by atoms with Crippen molar-refractivity contribution >= 4 is 11.6 Å². The molecule has 4 nitrogen and oxygen atoms in total. The first kappa shape index (κ1) is 19.4. The Morgan fingerprint density at radius 2 is 2.04 bits per heavy atom. The zero-order valence-corrected chi connectivity index (χ0v) is 16.8. The van der Waals surface area contributed by atoms with Crippen LogP contribution in [0.1, 0.15) is 64.2 Å². The van der Waals surface area contributed by atoms with Gasteiger partial charge in [-0.05, 0) is 55.3 Å². The van der Waals surface area contributed by atoms with Gasteiger partial charge in [-0.3, -0.25) is 4.79 Å². The maximum absolute atomic E-state index is 12.8. The van der Waals surface area contributed by atoms with Gasteiger partial charge >= 0.3 is 0 Å². The summed E-state index contributed by atoms with van der Waals surface area (Å²) >= 11 is 0. The van der Waals surface area contributed by atoms with E-state index >= 15 is 0 Å². The average molecular weight is 359 g/mol. The standard InChI is InChI=1S/C22H34N2O2/c1-16-7-5-11-23(14-16)15-20(25)18-9-10-19-17(13-18)8-6-12-24(19)21(26)22(2,3)4/h9-10,13,16,20,25H,5-8,11-12,14-15H2,1-4H3/t16-,20-/m0/s1. The van der Waals surface area contributed by atoms with Crippen molar-refractivity contribution in [1.82, 2.24) is 4.90 Å². The second-order valence-corrected chi connectivity index (χ2v) is 9.22. The number of likely N-dealkylation sites (tertiary alicyclic amines) is 1. The van der Waals surface area contributed by atoms with Crippen molar-refractivity contribution in [3.8, 4) is 0 Å². The Balaban J connectivity index is 1.74. The van der Waals surface area contributed by atoms with Crippen LogP contribution in [0.5, 0.6) is 0 Å². The molecule has 0 bridgehead atoms. The van der Waals surface area contributed by atoms with Gasteiger partial charge < -0.3 is 14.9 Å². The van der Waals surface area contributed by atoms with E-state index in [0.29, 0.717) is 6.54 Å². The zero-order valence-electron chi connectivity index (χ0n) is 16.8. The van der Waals surface area contributed by atoms with Crippen molar-refractivity contribution < 1.29 is 9.90 Å². The van der Waals surface area contributed by atoms with Gasteiger partial charge in [0, 0.05) is 30.7 Å². The van der Waals surface area contributed by atoms with Crippen LogP contribution in [0.15, 0.2) is 18.2 Å². The predicted octanol–water partition coefficient (Wildman–Crippen LogP) is 3.78. The minimum absolute atomic E-state index is 0.175. The van der Waals surface area contributed by atoms with Gasteiger partial charge in [0.2, 0.25) is 5.91 Å². The molecule has 2 aliphatic heterocycles. The first-order valence-electron chi connectivity index (χ1n) is 10.1. The molecule has 1 N–H and O–H groups in total. The normalized spacial score (nSPS) is 22.8. The number of carbonyl (C=O) groups excluding carboxylic acids is 1. The number of hydrogen-bond acceptors (Lipinski definition) is 3. The number of amides is 1. The number of rotatable bonds is 3. The number of β-amino-alcohol motifs (C(OH)–C–C–N with tert-alkyl or cyclic N) is 1. The Labute approximate surface area is 158 Å². The topological polar surface area (TPSA) is 43.8 Å². The summed E-state index contributed by atoms with van der Waals surface area (Å²) in [4.78, 5) is 17.1. The molecule has 3 rings (SSSR count). The Kier molecular flexibility index (Phi) is 5.73. The number of fused-ring (bicyclic) bond motifs is 1. The number of aliphatic hydroxyl groups excluding tert-OH is 1. The molecule has 1 amide bonds. The SMILES string of the molecule is C[C@H]1CCCN(C[C@H](O)c2ccc3c(c2)CCCN3C(=O)C(C)(C)C)C1. The second kappa shape index (κ2) is 7.69. The lowest BCUT2D eigenvalue weighted by atomic mass is 9.91. The van der Waals surface area contributed by atoms with Gasteiger partial charge in [-0.2, -0.15) is 0 Å². The molecule has 4 heteroatoms. The average Bonchev–Trinajstić information content (AvgIpc) is 2.59. The van der Waals surface area contributed by atoms with Gasteiger partial charge in [-0.1, -0.05) is 39.8 Å². The smallest absolute Gasteiger partial charge is 0.232 e. The highest BCUT2D eigenvalue weighted by molar-refractivity contribution is 5.98. The molecular weight excluding hydrogens is 324 g/mol. The summed E-state index contributed by atoms with van der Waals surface area (Å²) in [5, 5.41) is 10.7. The summed E-state index contributed by atoms with van der Waals surface area (Å²) in [5.74, 6) is 0.894. The molecule has 144 valence electrons. The van der Waals surface area contributed by atoms with Crippen molar-refractivity contribution in [3.63, 3.8) is 0 Å². The summed E-state index contributed by atoms with van der Waals surface area (Å²) in [6.45, 7) is 11.9. The highest BCUT2D eigenvalue weighted by Crippen LogP contribution is 2.33. The molecule has 2 heterocycles. The summed E-state index contributed by atoms with van der Waals surface area (Å²) < 4.78 is 0. The van der Waals surface area contributed by atoms with E-state index in [1.807, 2.05) is 37.8 Å². The fourth-order valence-electron chi connectivity index (χ4n) is 4.24. The van der Waals surface area contributed by atoms with Crippen molar-refractivity contribution in [2.24, 2.45) is 11.3 Å². The van der Waals surface area contributed by atoms with Gasteiger partial charge in [0.1, 0.15) is 0 Å². The molecule has 0 unspecified atom stereocenters. The maximum Gasteiger partial charge on any atom is 0.232 e. The molecule has 1 saturated heterocycles. The summed E-state index contributed by atoms with van der Waals surface area (Å²) in [5.41, 5.74) is 2.82. The van der Waals surface area contributed by atoms with Crippen molar-refractivity contribution in [2.45, 2.75) is 59.5 Å². The number of piperidine rings is 1. The van der Waals surface area contributed by atoms with Crippen LogP contribution in [-0.4, -0.2) is 42.1 Å². The molecule has 1 aromatic rings. The van der Waals surface area contributed by atoms with E-state index in [9.17, 15) is 9.90 Å². The van der Waals surface area contributed by atoms with Crippen LogP contribution < -0.4 is 4.90 Å². The molecular formula is C22H34N2O2. The fraction of sp³-hybridized carbons (Fsp3) is 0.682. The van der Waals surface area contributed by atoms with Gasteiger partial charge in [-0.25, -0.2) is 0 Å². The Morgan fingerprint density at radius 1 is 1.27 bits per heavy atom. The Hall–Kier alpha value is -1.39. The van der Waals surface area contributed by atoms with E-state index in [-0.39, 0.29) is 11.3 Å². The highest BCUT2D eigenvalue weighted by Gasteiger charge is 2.31. The molecule has 0 aliphatic carbocycles. The first-order chi connectivity index (χ1) is 12.3. The van der Waals surface area contributed by atoms with Crippen LogP contribution in [0.2, 0.25) is 0 Å². The monoisotopic (exact) mass is 358 g/mol. The maximum atomic E-state index is 12.8. The van der Waals surface area contributed by atoms with E-state index in [4.69, 9.17) is 0 Å². The van der Waals surface area contributed by atoms with Crippen LogP contribution in [-0.2, 0) is 11.2 Å². The highest BCUT2D eigenvalue weighted by atomic mass is 16.3. The lowest BCUT2D eigenvalue weighted by molar-refractivity contribution is -0.125. The summed E-state index contributed by atoms with van der Waals surface area (Å²) in [6, 6.07) is 6.16. The molecule has 1 aromatic carbocycles. The first-order valence-corrected chi connectivity index (χ1v) is 10.1. The third-order valence-corrected chi connectivity index (χ3v) is 5.67. The molecule has 0 saturated carbocycles. The number of carbonyl (C=O) groups is 1. The number of nitrogens with zero attached hydrogens (tertiary/aromatic N) is 2. The molecule has 0 aromatic heterocycles. The van der Waals surface area contributed by atoms with Crippen LogP contribution in [0.3, 0.4) is 0 Å².